The van der Waals surface area contributed by atoms with Gasteiger partial charge in [0.1, 0.15) is 0 Å². The van der Waals surface area contributed by atoms with Gasteiger partial charge in [-0.3, -0.25) is 10.1 Å². The van der Waals surface area contributed by atoms with E-state index in [9.17, 15) is 4.79 Å². The molecule has 1 aliphatic carbocycles. The summed E-state index contributed by atoms with van der Waals surface area (Å²) >= 11 is 1.60. The first-order chi connectivity index (χ1) is 13.1. The Kier molecular flexibility index (Phi) is 4.06. The van der Waals surface area contributed by atoms with E-state index in [1.807, 2.05) is 12.1 Å². The van der Waals surface area contributed by atoms with Crippen LogP contribution in [0, 0.1) is 5.92 Å². The highest BCUT2D eigenvalue weighted by molar-refractivity contribution is 7.15. The van der Waals surface area contributed by atoms with Crippen molar-refractivity contribution in [3.05, 3.63) is 45.6 Å². The number of fused-ring (bicyclic) bond motifs is 4. The monoisotopic (exact) mass is 380 g/mol. The molecule has 0 fully saturated rings. The number of rotatable bonds is 2. The minimum Gasteiger partial charge on any atom is -0.358 e. The molecule has 2 aliphatic rings. The maximum atomic E-state index is 13.0. The number of aryl methyl sites for hydroxylation is 1. The molecule has 0 saturated heterocycles. The number of nitrogens with one attached hydrogen (secondary N) is 2. The summed E-state index contributed by atoms with van der Waals surface area (Å²) in [7, 11) is 2.12. The van der Waals surface area contributed by atoms with Gasteiger partial charge in [0.15, 0.2) is 5.13 Å². The molecule has 6 heteroatoms. The van der Waals surface area contributed by atoms with E-state index in [1.54, 1.807) is 11.3 Å². The number of anilines is 1. The zero-order chi connectivity index (χ0) is 18.5. The molecule has 5 nitrogen and oxygen atoms in total. The number of hydrogen-bond donors (Lipinski definition) is 2. The molecule has 0 bridgehead atoms. The van der Waals surface area contributed by atoms with Crippen LogP contribution in [0.4, 0.5) is 5.13 Å². The van der Waals surface area contributed by atoms with E-state index < -0.39 is 0 Å². The molecular weight excluding hydrogens is 356 g/mol. The zero-order valence-electron chi connectivity index (χ0n) is 15.8. The molecular formula is C21H24N4OS. The molecule has 1 aliphatic heterocycles. The predicted molar refractivity (Wildman–Crippen MR) is 110 cm³/mol. The molecule has 1 amide bonds. The summed E-state index contributed by atoms with van der Waals surface area (Å²) < 4.78 is 0. The third-order valence-electron chi connectivity index (χ3n) is 5.86. The zero-order valence-corrected chi connectivity index (χ0v) is 16.6. The van der Waals surface area contributed by atoms with Gasteiger partial charge in [0.2, 0.25) is 0 Å². The predicted octanol–water partition coefficient (Wildman–Crippen LogP) is 3.99. The molecule has 0 spiro atoms. The number of amides is 1. The lowest BCUT2D eigenvalue weighted by molar-refractivity contribution is 0.102. The molecule has 2 aromatic heterocycles. The van der Waals surface area contributed by atoms with Crippen LogP contribution in [0.25, 0.3) is 10.9 Å². The van der Waals surface area contributed by atoms with E-state index in [4.69, 9.17) is 0 Å². The SMILES string of the molecule is CC1CCc2[nH]c3c(C(=O)Nc4nc5c(s4)CN(C)CC5)cccc3c2C1. The Bertz CT molecular complexity index is 1030. The Hall–Kier alpha value is -2.18. The number of aromatic amines is 1. The Balaban J connectivity index is 1.46. The van der Waals surface area contributed by atoms with Gasteiger partial charge in [0.25, 0.3) is 5.91 Å². The van der Waals surface area contributed by atoms with Crippen LogP contribution >= 0.6 is 11.3 Å². The maximum Gasteiger partial charge on any atom is 0.259 e. The highest BCUT2D eigenvalue weighted by Gasteiger charge is 2.23. The van der Waals surface area contributed by atoms with Crippen LogP contribution < -0.4 is 5.32 Å². The van der Waals surface area contributed by atoms with Crippen LogP contribution in [0.5, 0.6) is 0 Å². The molecule has 1 aromatic carbocycles. The van der Waals surface area contributed by atoms with Gasteiger partial charge in [0.05, 0.1) is 16.8 Å². The molecule has 3 aromatic rings. The van der Waals surface area contributed by atoms with Crippen molar-refractivity contribution in [3.63, 3.8) is 0 Å². The van der Waals surface area contributed by atoms with Crippen molar-refractivity contribution in [1.82, 2.24) is 14.9 Å². The van der Waals surface area contributed by atoms with E-state index in [2.05, 4.69) is 40.2 Å². The number of para-hydroxylation sites is 1. The van der Waals surface area contributed by atoms with Crippen LogP contribution in [-0.4, -0.2) is 34.4 Å². The third kappa shape index (κ3) is 2.97. The summed E-state index contributed by atoms with van der Waals surface area (Å²) in [5.41, 5.74) is 5.51. The number of nitrogens with zero attached hydrogens (tertiary/aromatic N) is 2. The Labute approximate surface area is 162 Å². The summed E-state index contributed by atoms with van der Waals surface area (Å²) in [4.78, 5) is 24.8. The van der Waals surface area contributed by atoms with Crippen molar-refractivity contribution in [2.75, 3.05) is 18.9 Å². The van der Waals surface area contributed by atoms with E-state index in [-0.39, 0.29) is 5.91 Å². The lowest BCUT2D eigenvalue weighted by Gasteiger charge is -2.20. The molecule has 1 atom stereocenters. The van der Waals surface area contributed by atoms with Crippen molar-refractivity contribution in [3.8, 4) is 0 Å². The Morgan fingerprint density at radius 1 is 1.37 bits per heavy atom. The van der Waals surface area contributed by atoms with Gasteiger partial charge in [-0.15, -0.1) is 11.3 Å². The molecule has 0 radical (unpaired) electrons. The van der Waals surface area contributed by atoms with E-state index in [0.29, 0.717) is 16.6 Å². The standard InChI is InChI=1S/C21H24N4OS/c1-12-6-7-16-15(10-12)13-4-3-5-14(19(13)22-16)20(26)24-21-23-17-8-9-25(2)11-18(17)27-21/h3-5,12,22H,6-11H2,1-2H3,(H,23,24,26). The number of hydrogen-bond acceptors (Lipinski definition) is 4. The molecule has 27 heavy (non-hydrogen) atoms. The van der Waals surface area contributed by atoms with Crippen molar-refractivity contribution in [2.45, 2.75) is 39.2 Å². The number of benzene rings is 1. The second-order valence-electron chi connectivity index (χ2n) is 7.99. The fourth-order valence-electron chi connectivity index (χ4n) is 4.35. The van der Waals surface area contributed by atoms with Crippen LogP contribution in [-0.2, 0) is 25.8 Å². The largest absolute Gasteiger partial charge is 0.358 e. The molecule has 2 N–H and O–H groups in total. The number of carbonyl (C=O) groups excluding carboxylic acids is 1. The van der Waals surface area contributed by atoms with Crippen molar-refractivity contribution >= 4 is 33.3 Å². The molecule has 140 valence electrons. The molecule has 5 rings (SSSR count). The van der Waals surface area contributed by atoms with Crippen molar-refractivity contribution in [2.24, 2.45) is 5.92 Å². The topological polar surface area (TPSA) is 61.0 Å². The fourth-order valence-corrected chi connectivity index (χ4v) is 5.43. The highest BCUT2D eigenvalue weighted by Crippen LogP contribution is 2.33. The van der Waals surface area contributed by atoms with Crippen LogP contribution in [0.1, 0.15) is 45.5 Å². The normalized spacial score (nSPS) is 19.7. The van der Waals surface area contributed by atoms with Gasteiger partial charge in [-0.25, -0.2) is 4.98 Å². The van der Waals surface area contributed by atoms with Gasteiger partial charge < -0.3 is 9.88 Å². The fraction of sp³-hybridized carbons (Fsp3) is 0.429. The summed E-state index contributed by atoms with van der Waals surface area (Å²) in [5.74, 6) is 0.625. The van der Waals surface area contributed by atoms with Crippen molar-refractivity contribution in [1.29, 1.82) is 0 Å². The maximum absolute atomic E-state index is 13.0. The highest BCUT2D eigenvalue weighted by atomic mass is 32.1. The summed E-state index contributed by atoms with van der Waals surface area (Å²) in [6, 6.07) is 6.04. The Morgan fingerprint density at radius 3 is 3.15 bits per heavy atom. The average Bonchev–Trinajstić information content (AvgIpc) is 3.21. The Morgan fingerprint density at radius 2 is 2.26 bits per heavy atom. The molecule has 3 heterocycles. The van der Waals surface area contributed by atoms with Crippen LogP contribution in [0.3, 0.4) is 0 Å². The summed E-state index contributed by atoms with van der Waals surface area (Å²) in [5, 5.41) is 4.95. The first-order valence-electron chi connectivity index (χ1n) is 9.69. The first kappa shape index (κ1) is 17.0. The number of likely N-dealkylation sites (N-methyl/N-ethyl adjacent to an activating group) is 1. The minimum atomic E-state index is -0.0771. The number of thiazole rings is 1. The second-order valence-corrected chi connectivity index (χ2v) is 9.07. The lowest BCUT2D eigenvalue weighted by atomic mass is 9.87. The van der Waals surface area contributed by atoms with E-state index in [0.717, 1.165) is 43.6 Å². The lowest BCUT2D eigenvalue weighted by Crippen LogP contribution is -2.25. The van der Waals surface area contributed by atoms with E-state index >= 15 is 0 Å². The van der Waals surface area contributed by atoms with Crippen LogP contribution in [0.2, 0.25) is 0 Å². The van der Waals surface area contributed by atoms with Gasteiger partial charge in [-0.1, -0.05) is 19.1 Å². The quantitative estimate of drug-likeness (QED) is 0.707. The van der Waals surface area contributed by atoms with Crippen molar-refractivity contribution < 1.29 is 4.79 Å². The van der Waals surface area contributed by atoms with Gasteiger partial charge in [-0.05, 0) is 43.9 Å². The third-order valence-corrected chi connectivity index (χ3v) is 6.85. The smallest absolute Gasteiger partial charge is 0.259 e. The van der Waals surface area contributed by atoms with Crippen LogP contribution in [0.15, 0.2) is 18.2 Å². The summed E-state index contributed by atoms with van der Waals surface area (Å²) in [6.45, 7) is 4.25. The molecule has 0 saturated carbocycles. The first-order valence-corrected chi connectivity index (χ1v) is 10.5. The van der Waals surface area contributed by atoms with Gasteiger partial charge in [0, 0.05) is 35.5 Å². The average molecular weight is 381 g/mol. The second kappa shape index (κ2) is 6.46. The van der Waals surface area contributed by atoms with E-state index in [1.165, 1.54) is 27.9 Å². The minimum absolute atomic E-state index is 0.0771. The summed E-state index contributed by atoms with van der Waals surface area (Å²) in [6.07, 6.45) is 4.32. The van der Waals surface area contributed by atoms with Gasteiger partial charge >= 0.3 is 0 Å². The number of carbonyl (C=O) groups is 1. The number of aromatic nitrogens is 2. The van der Waals surface area contributed by atoms with Gasteiger partial charge in [-0.2, -0.15) is 0 Å². The molecule has 1 unspecified atom stereocenters. The number of H-pyrrole nitrogens is 1.